The molecule has 0 aliphatic heterocycles. The lowest BCUT2D eigenvalue weighted by molar-refractivity contribution is 0.0697. The van der Waals surface area contributed by atoms with Crippen molar-refractivity contribution in [2.75, 3.05) is 0 Å². The molecule has 0 saturated carbocycles. The van der Waals surface area contributed by atoms with Gasteiger partial charge in [-0.2, -0.15) is 0 Å². The van der Waals surface area contributed by atoms with Crippen molar-refractivity contribution in [2.24, 2.45) is 0 Å². The van der Waals surface area contributed by atoms with Gasteiger partial charge in [0, 0.05) is 31.1 Å². The molecule has 0 atom stereocenters. The molecule has 1 N–H and O–H groups in total. The van der Waals surface area contributed by atoms with E-state index in [2.05, 4.69) is 20.9 Å². The normalized spacial score (nSPS) is 10.4. The summed E-state index contributed by atoms with van der Waals surface area (Å²) in [4.78, 5) is 15.0. The number of carboxylic acids is 1. The molecule has 0 aromatic carbocycles. The fourth-order valence-electron chi connectivity index (χ4n) is 1.55. The zero-order chi connectivity index (χ0) is 12.3. The van der Waals surface area contributed by atoms with E-state index in [9.17, 15) is 4.79 Å². The van der Waals surface area contributed by atoms with Gasteiger partial charge in [-0.3, -0.25) is 4.98 Å². The molecule has 2 aromatic rings. The molecule has 0 radical (unpaired) electrons. The van der Waals surface area contributed by atoms with Crippen LogP contribution in [0.2, 0.25) is 0 Å². The number of nitrogens with zero attached hydrogens (tertiary/aromatic N) is 2. The molecule has 2 rings (SSSR count). The van der Waals surface area contributed by atoms with Gasteiger partial charge in [0.25, 0.3) is 0 Å². The van der Waals surface area contributed by atoms with Crippen molar-refractivity contribution in [3.63, 3.8) is 0 Å². The van der Waals surface area contributed by atoms with Crippen molar-refractivity contribution in [1.29, 1.82) is 0 Å². The lowest BCUT2D eigenvalue weighted by atomic mass is 10.3. The molecule has 0 bridgehead atoms. The van der Waals surface area contributed by atoms with Crippen molar-refractivity contribution in [3.05, 3.63) is 52.5 Å². The first-order chi connectivity index (χ1) is 8.16. The molecule has 5 heteroatoms. The predicted molar refractivity (Wildman–Crippen MR) is 67.0 cm³/mol. The van der Waals surface area contributed by atoms with Crippen LogP contribution in [0.3, 0.4) is 0 Å². The van der Waals surface area contributed by atoms with E-state index in [0.29, 0.717) is 6.54 Å². The molecule has 17 heavy (non-hydrogen) atoms. The Hall–Kier alpha value is -1.62. The third-order valence-electron chi connectivity index (χ3n) is 2.43. The number of halogens is 1. The van der Waals surface area contributed by atoms with Crippen LogP contribution in [0.4, 0.5) is 0 Å². The number of rotatable bonds is 4. The summed E-state index contributed by atoms with van der Waals surface area (Å²) in [6, 6.07) is 7.36. The smallest absolute Gasteiger partial charge is 0.337 e. The minimum atomic E-state index is -0.915. The fraction of sp³-hybridized carbons (Fsp3) is 0.167. The van der Waals surface area contributed by atoms with E-state index in [4.69, 9.17) is 5.11 Å². The van der Waals surface area contributed by atoms with Gasteiger partial charge < -0.3 is 9.67 Å². The molecule has 2 heterocycles. The number of hydrogen-bond acceptors (Lipinski definition) is 2. The van der Waals surface area contributed by atoms with Crippen LogP contribution in [0.25, 0.3) is 0 Å². The van der Waals surface area contributed by atoms with E-state index >= 15 is 0 Å². The summed E-state index contributed by atoms with van der Waals surface area (Å²) in [5, 5.41) is 8.86. The van der Waals surface area contributed by atoms with Crippen LogP contribution in [0.1, 0.15) is 16.1 Å². The maximum atomic E-state index is 10.8. The SMILES string of the molecule is O=C(O)c1cc(Br)n(CCc2ccccn2)c1. The molecule has 0 unspecified atom stereocenters. The summed E-state index contributed by atoms with van der Waals surface area (Å²) in [6.07, 6.45) is 4.14. The first-order valence-corrected chi connectivity index (χ1v) is 5.95. The molecule has 0 aliphatic rings. The number of pyridine rings is 1. The Kier molecular flexibility index (Phi) is 3.58. The van der Waals surface area contributed by atoms with E-state index in [-0.39, 0.29) is 5.56 Å². The molecule has 0 fully saturated rings. The van der Waals surface area contributed by atoms with E-state index in [1.54, 1.807) is 18.5 Å². The van der Waals surface area contributed by atoms with Crippen LogP contribution in [0, 0.1) is 0 Å². The third-order valence-corrected chi connectivity index (χ3v) is 3.11. The van der Waals surface area contributed by atoms with Crippen LogP contribution in [-0.4, -0.2) is 20.6 Å². The summed E-state index contributed by atoms with van der Waals surface area (Å²) < 4.78 is 2.63. The minimum absolute atomic E-state index is 0.290. The van der Waals surface area contributed by atoms with Crippen molar-refractivity contribution in [1.82, 2.24) is 9.55 Å². The van der Waals surface area contributed by atoms with Crippen molar-refractivity contribution in [2.45, 2.75) is 13.0 Å². The third kappa shape index (κ3) is 2.94. The maximum Gasteiger partial charge on any atom is 0.337 e. The monoisotopic (exact) mass is 294 g/mol. The highest BCUT2D eigenvalue weighted by molar-refractivity contribution is 9.10. The Morgan fingerprint density at radius 1 is 1.47 bits per heavy atom. The zero-order valence-corrected chi connectivity index (χ0v) is 10.6. The lowest BCUT2D eigenvalue weighted by Gasteiger charge is -2.04. The molecule has 2 aromatic heterocycles. The van der Waals surface area contributed by atoms with Gasteiger partial charge >= 0.3 is 5.97 Å². The quantitative estimate of drug-likeness (QED) is 0.943. The van der Waals surface area contributed by atoms with Gasteiger partial charge in [-0.05, 0) is 34.1 Å². The predicted octanol–water partition coefficient (Wildman–Crippen LogP) is 2.59. The van der Waals surface area contributed by atoms with Crippen LogP contribution >= 0.6 is 15.9 Å². The molecular formula is C12H11BrN2O2. The number of aryl methyl sites for hydroxylation is 2. The molecule has 4 nitrogen and oxygen atoms in total. The highest BCUT2D eigenvalue weighted by Gasteiger charge is 2.09. The van der Waals surface area contributed by atoms with E-state index in [1.165, 1.54) is 0 Å². The lowest BCUT2D eigenvalue weighted by Crippen LogP contribution is -2.02. The second-order valence-corrected chi connectivity index (χ2v) is 4.43. The van der Waals surface area contributed by atoms with E-state index < -0.39 is 5.97 Å². The summed E-state index contributed by atoms with van der Waals surface area (Å²) in [6.45, 7) is 0.699. The average molecular weight is 295 g/mol. The second-order valence-electron chi connectivity index (χ2n) is 3.62. The standard InChI is InChI=1S/C12H11BrN2O2/c13-11-7-9(12(16)17)8-15(11)6-4-10-3-1-2-5-14-10/h1-3,5,7-8H,4,6H2,(H,16,17). The van der Waals surface area contributed by atoms with Crippen LogP contribution in [-0.2, 0) is 13.0 Å². The summed E-state index contributed by atoms with van der Waals surface area (Å²) in [7, 11) is 0. The van der Waals surface area contributed by atoms with Gasteiger partial charge in [0.15, 0.2) is 0 Å². The van der Waals surface area contributed by atoms with Gasteiger partial charge in [0.1, 0.15) is 0 Å². The van der Waals surface area contributed by atoms with Crippen molar-refractivity contribution < 1.29 is 9.90 Å². The zero-order valence-electron chi connectivity index (χ0n) is 9.01. The minimum Gasteiger partial charge on any atom is -0.478 e. The number of carboxylic acid groups (broad SMARTS) is 1. The van der Waals surface area contributed by atoms with Gasteiger partial charge in [-0.25, -0.2) is 4.79 Å². The Morgan fingerprint density at radius 3 is 2.88 bits per heavy atom. The highest BCUT2D eigenvalue weighted by atomic mass is 79.9. The maximum absolute atomic E-state index is 10.8. The summed E-state index contributed by atoms with van der Waals surface area (Å²) in [5.41, 5.74) is 1.28. The van der Waals surface area contributed by atoms with Crippen LogP contribution < -0.4 is 0 Å². The topological polar surface area (TPSA) is 55.1 Å². The average Bonchev–Trinajstić information content (AvgIpc) is 2.70. The Balaban J connectivity index is 2.07. The Morgan fingerprint density at radius 2 is 2.29 bits per heavy atom. The molecular weight excluding hydrogens is 284 g/mol. The van der Waals surface area contributed by atoms with Gasteiger partial charge in [0.2, 0.25) is 0 Å². The number of aromatic carboxylic acids is 1. The van der Waals surface area contributed by atoms with Gasteiger partial charge in [-0.1, -0.05) is 6.07 Å². The molecule has 0 aliphatic carbocycles. The second kappa shape index (κ2) is 5.14. The van der Waals surface area contributed by atoms with Crippen LogP contribution in [0.5, 0.6) is 0 Å². The van der Waals surface area contributed by atoms with Gasteiger partial charge in [-0.15, -0.1) is 0 Å². The number of aromatic nitrogens is 2. The first-order valence-electron chi connectivity index (χ1n) is 5.15. The molecule has 0 amide bonds. The number of carbonyl (C=O) groups is 1. The fourth-order valence-corrected chi connectivity index (χ4v) is 2.07. The summed E-state index contributed by atoms with van der Waals surface area (Å²) in [5.74, 6) is -0.915. The molecule has 0 spiro atoms. The van der Waals surface area contributed by atoms with Crippen molar-refractivity contribution in [3.8, 4) is 0 Å². The first kappa shape index (κ1) is 11.9. The molecule has 0 saturated heterocycles. The Labute approximate surface area is 107 Å². The van der Waals surface area contributed by atoms with Crippen molar-refractivity contribution >= 4 is 21.9 Å². The summed E-state index contributed by atoms with van der Waals surface area (Å²) >= 11 is 3.34. The molecule has 88 valence electrons. The Bertz CT molecular complexity index is 523. The van der Waals surface area contributed by atoms with E-state index in [0.717, 1.165) is 16.7 Å². The van der Waals surface area contributed by atoms with Gasteiger partial charge in [0.05, 0.1) is 10.2 Å². The number of hydrogen-bond donors (Lipinski definition) is 1. The largest absolute Gasteiger partial charge is 0.478 e. The highest BCUT2D eigenvalue weighted by Crippen LogP contribution is 2.16. The van der Waals surface area contributed by atoms with Crippen LogP contribution in [0.15, 0.2) is 41.3 Å². The van der Waals surface area contributed by atoms with E-state index in [1.807, 2.05) is 22.8 Å².